The Bertz CT molecular complexity index is 381. The second-order valence-electron chi connectivity index (χ2n) is 3.71. The Morgan fingerprint density at radius 3 is 3.00 bits per heavy atom. The molecule has 0 bridgehead atoms. The van der Waals surface area contributed by atoms with Crippen LogP contribution in [0.5, 0.6) is 0 Å². The third-order valence-electron chi connectivity index (χ3n) is 2.58. The van der Waals surface area contributed by atoms with Gasteiger partial charge in [0.15, 0.2) is 0 Å². The van der Waals surface area contributed by atoms with Gasteiger partial charge in [-0.15, -0.1) is 0 Å². The monoisotopic (exact) mass is 269 g/mol. The number of nitrogens with one attached hydrogen (secondary N) is 1. The molecule has 0 saturated carbocycles. The van der Waals surface area contributed by atoms with Crippen LogP contribution in [-0.4, -0.2) is 17.1 Å². The summed E-state index contributed by atoms with van der Waals surface area (Å²) in [4.78, 5) is 11.2. The fourth-order valence-corrected chi connectivity index (χ4v) is 2.21. The van der Waals surface area contributed by atoms with Crippen LogP contribution >= 0.6 is 15.9 Å². The highest BCUT2D eigenvalue weighted by Crippen LogP contribution is 2.25. The van der Waals surface area contributed by atoms with Crippen molar-refractivity contribution in [3.05, 3.63) is 34.3 Å². The van der Waals surface area contributed by atoms with E-state index in [9.17, 15) is 9.90 Å². The Balaban J connectivity index is 2.24. The van der Waals surface area contributed by atoms with Crippen LogP contribution in [0.15, 0.2) is 28.7 Å². The lowest BCUT2D eigenvalue weighted by atomic mass is 9.94. The maximum atomic E-state index is 11.2. The zero-order valence-corrected chi connectivity index (χ0v) is 9.70. The zero-order chi connectivity index (χ0) is 10.8. The first-order valence-corrected chi connectivity index (χ1v) is 5.69. The van der Waals surface area contributed by atoms with Gasteiger partial charge in [-0.1, -0.05) is 28.1 Å². The molecule has 0 aliphatic carbocycles. The summed E-state index contributed by atoms with van der Waals surface area (Å²) >= 11 is 3.37. The van der Waals surface area contributed by atoms with E-state index in [1.54, 1.807) is 0 Å². The average molecular weight is 270 g/mol. The van der Waals surface area contributed by atoms with Crippen molar-refractivity contribution in [2.45, 2.75) is 25.0 Å². The van der Waals surface area contributed by atoms with Crippen LogP contribution in [0.25, 0.3) is 0 Å². The lowest BCUT2D eigenvalue weighted by Crippen LogP contribution is -2.41. The maximum absolute atomic E-state index is 11.2. The summed E-state index contributed by atoms with van der Waals surface area (Å²) in [5.41, 5.74) is 0.935. The van der Waals surface area contributed by atoms with Gasteiger partial charge in [0.2, 0.25) is 5.91 Å². The van der Waals surface area contributed by atoms with Crippen molar-refractivity contribution in [1.29, 1.82) is 0 Å². The summed E-state index contributed by atoms with van der Waals surface area (Å²) in [7, 11) is 0. The van der Waals surface area contributed by atoms with Crippen molar-refractivity contribution in [2.24, 2.45) is 0 Å². The summed E-state index contributed by atoms with van der Waals surface area (Å²) in [5.74, 6) is 0.00488. The van der Waals surface area contributed by atoms with Gasteiger partial charge in [0.05, 0.1) is 12.1 Å². The molecular formula is C11H12BrNO2. The van der Waals surface area contributed by atoms with Crippen LogP contribution in [-0.2, 0) is 4.79 Å². The third-order valence-corrected chi connectivity index (χ3v) is 3.07. The van der Waals surface area contributed by atoms with Crippen molar-refractivity contribution in [3.8, 4) is 0 Å². The molecule has 1 aliphatic heterocycles. The quantitative estimate of drug-likeness (QED) is 0.817. The van der Waals surface area contributed by atoms with Gasteiger partial charge in [-0.25, -0.2) is 0 Å². The summed E-state index contributed by atoms with van der Waals surface area (Å²) in [5, 5.41) is 12.6. The number of hydrogen-bond acceptors (Lipinski definition) is 2. The highest BCUT2D eigenvalue weighted by molar-refractivity contribution is 9.10. The van der Waals surface area contributed by atoms with E-state index in [1.165, 1.54) is 0 Å². The van der Waals surface area contributed by atoms with E-state index in [0.717, 1.165) is 10.0 Å². The number of halogens is 1. The van der Waals surface area contributed by atoms with E-state index in [4.69, 9.17) is 0 Å². The number of carbonyl (C=O) groups is 1. The molecule has 15 heavy (non-hydrogen) atoms. The highest BCUT2D eigenvalue weighted by Gasteiger charge is 2.27. The second-order valence-corrected chi connectivity index (χ2v) is 4.62. The zero-order valence-electron chi connectivity index (χ0n) is 8.11. The molecular weight excluding hydrogens is 258 g/mol. The van der Waals surface area contributed by atoms with Crippen molar-refractivity contribution in [3.63, 3.8) is 0 Å². The molecule has 1 amide bonds. The van der Waals surface area contributed by atoms with E-state index in [-0.39, 0.29) is 11.9 Å². The molecule has 2 rings (SSSR count). The highest BCUT2D eigenvalue weighted by atomic mass is 79.9. The van der Waals surface area contributed by atoms with E-state index in [0.29, 0.717) is 12.8 Å². The number of benzene rings is 1. The van der Waals surface area contributed by atoms with Gasteiger partial charge < -0.3 is 10.4 Å². The van der Waals surface area contributed by atoms with Crippen LogP contribution in [0, 0.1) is 0 Å². The lowest BCUT2D eigenvalue weighted by Gasteiger charge is -2.29. The summed E-state index contributed by atoms with van der Waals surface area (Å²) < 4.78 is 0.951. The first kappa shape index (κ1) is 10.6. The summed E-state index contributed by atoms with van der Waals surface area (Å²) in [6.45, 7) is 0. The van der Waals surface area contributed by atoms with Gasteiger partial charge in [0.25, 0.3) is 0 Å². The number of aliphatic hydroxyl groups excluding tert-OH is 1. The van der Waals surface area contributed by atoms with Crippen molar-refractivity contribution in [1.82, 2.24) is 5.32 Å². The van der Waals surface area contributed by atoms with Crippen LogP contribution < -0.4 is 5.32 Å². The number of carbonyl (C=O) groups excluding carboxylic acids is 1. The van der Waals surface area contributed by atoms with Gasteiger partial charge in [-0.3, -0.25) is 4.79 Å². The Labute approximate surface area is 96.6 Å². The first-order chi connectivity index (χ1) is 7.16. The molecule has 80 valence electrons. The molecule has 1 aromatic rings. The van der Waals surface area contributed by atoms with Gasteiger partial charge in [0.1, 0.15) is 0 Å². The molecule has 3 nitrogen and oxygen atoms in total. The molecule has 0 radical (unpaired) electrons. The number of amides is 1. The predicted octanol–water partition coefficient (Wildman–Crippen LogP) is 1.76. The van der Waals surface area contributed by atoms with Crippen molar-refractivity contribution >= 4 is 21.8 Å². The minimum absolute atomic E-state index is 0.00488. The number of hydrogen-bond donors (Lipinski definition) is 2. The molecule has 1 aliphatic rings. The molecule has 4 heteroatoms. The molecule has 1 heterocycles. The minimum atomic E-state index is -0.489. The average Bonchev–Trinajstić information content (AvgIpc) is 2.22. The van der Waals surface area contributed by atoms with Gasteiger partial charge in [-0.05, 0) is 24.1 Å². The van der Waals surface area contributed by atoms with E-state index >= 15 is 0 Å². The SMILES string of the molecule is O=C1CCC(O)C(c2cccc(Br)c2)N1. The van der Waals surface area contributed by atoms with E-state index < -0.39 is 6.10 Å². The van der Waals surface area contributed by atoms with Gasteiger partial charge in [-0.2, -0.15) is 0 Å². The Morgan fingerprint density at radius 1 is 1.47 bits per heavy atom. The third kappa shape index (κ3) is 2.38. The molecule has 0 spiro atoms. The maximum Gasteiger partial charge on any atom is 0.220 e. The van der Waals surface area contributed by atoms with Crippen LogP contribution in [0.1, 0.15) is 24.4 Å². The number of piperidine rings is 1. The molecule has 1 saturated heterocycles. The van der Waals surface area contributed by atoms with Crippen LogP contribution in [0.2, 0.25) is 0 Å². The smallest absolute Gasteiger partial charge is 0.220 e. The molecule has 1 fully saturated rings. The molecule has 2 unspecified atom stereocenters. The molecule has 1 aromatic carbocycles. The summed E-state index contributed by atoms with van der Waals surface area (Å²) in [6, 6.07) is 7.36. The Kier molecular flexibility index (Phi) is 3.07. The molecule has 2 N–H and O–H groups in total. The second kappa shape index (κ2) is 4.33. The van der Waals surface area contributed by atoms with E-state index in [2.05, 4.69) is 21.2 Å². The first-order valence-electron chi connectivity index (χ1n) is 4.90. The van der Waals surface area contributed by atoms with Gasteiger partial charge in [0, 0.05) is 10.9 Å². The Hall–Kier alpha value is -0.870. The van der Waals surface area contributed by atoms with Crippen LogP contribution in [0.3, 0.4) is 0 Å². The Morgan fingerprint density at radius 2 is 2.27 bits per heavy atom. The number of aliphatic hydroxyl groups is 1. The largest absolute Gasteiger partial charge is 0.391 e. The minimum Gasteiger partial charge on any atom is -0.391 e. The predicted molar refractivity (Wildman–Crippen MR) is 60.3 cm³/mol. The van der Waals surface area contributed by atoms with Crippen molar-refractivity contribution in [2.75, 3.05) is 0 Å². The summed E-state index contributed by atoms with van der Waals surface area (Å²) in [6.07, 6.45) is 0.450. The van der Waals surface area contributed by atoms with Crippen LogP contribution in [0.4, 0.5) is 0 Å². The van der Waals surface area contributed by atoms with Gasteiger partial charge >= 0.3 is 0 Å². The number of rotatable bonds is 1. The molecule has 2 atom stereocenters. The normalized spacial score (nSPS) is 26.1. The fraction of sp³-hybridized carbons (Fsp3) is 0.364. The molecule has 0 aromatic heterocycles. The van der Waals surface area contributed by atoms with E-state index in [1.807, 2.05) is 24.3 Å². The lowest BCUT2D eigenvalue weighted by molar-refractivity contribution is -0.126. The standard InChI is InChI=1S/C11H12BrNO2/c12-8-3-1-2-7(6-8)11-9(14)4-5-10(15)13-11/h1-3,6,9,11,14H,4-5H2,(H,13,15). The topological polar surface area (TPSA) is 49.3 Å². The van der Waals surface area contributed by atoms with Crippen molar-refractivity contribution < 1.29 is 9.90 Å². The fourth-order valence-electron chi connectivity index (χ4n) is 1.79.